The summed E-state index contributed by atoms with van der Waals surface area (Å²) in [4.78, 5) is 13.2. The van der Waals surface area contributed by atoms with E-state index >= 15 is 0 Å². The predicted octanol–water partition coefficient (Wildman–Crippen LogP) is 2.39. The van der Waals surface area contributed by atoms with Crippen LogP contribution in [0.2, 0.25) is 0 Å². The van der Waals surface area contributed by atoms with Gasteiger partial charge in [-0.1, -0.05) is 6.07 Å². The average Bonchev–Trinajstić information content (AvgIpc) is 2.38. The summed E-state index contributed by atoms with van der Waals surface area (Å²) in [5.74, 6) is -0.444. The van der Waals surface area contributed by atoms with Crippen molar-refractivity contribution in [2.24, 2.45) is 0 Å². The molecule has 0 aliphatic rings. The van der Waals surface area contributed by atoms with Crippen molar-refractivity contribution in [3.05, 3.63) is 29.6 Å². The summed E-state index contributed by atoms with van der Waals surface area (Å²) in [6.07, 6.45) is 0.873. The van der Waals surface area contributed by atoms with Crippen molar-refractivity contribution in [1.82, 2.24) is 4.90 Å². The lowest BCUT2D eigenvalue weighted by molar-refractivity contribution is -0.141. The van der Waals surface area contributed by atoms with Crippen molar-refractivity contribution in [1.29, 1.82) is 0 Å². The molecule has 1 rings (SSSR count). The van der Waals surface area contributed by atoms with E-state index in [1.165, 1.54) is 20.3 Å². The molecule has 0 radical (unpaired) electrons. The first-order chi connectivity index (χ1) is 8.99. The zero-order valence-corrected chi connectivity index (χ0v) is 11.8. The SMILES string of the molecule is COC(=O)CCC(c1ccc(OC)c(F)c1)N(C)C. The van der Waals surface area contributed by atoms with Gasteiger partial charge in [-0.25, -0.2) is 4.39 Å². The number of hydrogen-bond donors (Lipinski definition) is 0. The average molecular weight is 269 g/mol. The standard InChI is InChI=1S/C14H20FNO3/c1-16(2)12(6-8-14(17)19-4)10-5-7-13(18-3)11(15)9-10/h5,7,9,12H,6,8H2,1-4H3. The second-order valence-electron chi connectivity index (χ2n) is 4.49. The molecule has 0 aliphatic heterocycles. The Bertz CT molecular complexity index is 435. The third-order valence-corrected chi connectivity index (χ3v) is 3.03. The van der Waals surface area contributed by atoms with E-state index in [9.17, 15) is 9.18 Å². The molecule has 1 unspecified atom stereocenters. The van der Waals surface area contributed by atoms with Gasteiger partial charge in [-0.3, -0.25) is 4.79 Å². The van der Waals surface area contributed by atoms with Crippen LogP contribution in [-0.4, -0.2) is 39.2 Å². The molecule has 1 aromatic rings. The van der Waals surface area contributed by atoms with Gasteiger partial charge in [0.1, 0.15) is 0 Å². The van der Waals surface area contributed by atoms with Gasteiger partial charge < -0.3 is 14.4 Å². The summed E-state index contributed by atoms with van der Waals surface area (Å²) >= 11 is 0. The van der Waals surface area contributed by atoms with Crippen LogP contribution in [-0.2, 0) is 9.53 Å². The number of benzene rings is 1. The maximum atomic E-state index is 13.7. The molecular formula is C14H20FNO3. The lowest BCUT2D eigenvalue weighted by Gasteiger charge is -2.24. The van der Waals surface area contributed by atoms with E-state index < -0.39 is 5.82 Å². The maximum Gasteiger partial charge on any atom is 0.305 e. The Hall–Kier alpha value is -1.62. The Labute approximate surface area is 113 Å². The van der Waals surface area contributed by atoms with Gasteiger partial charge in [0.25, 0.3) is 0 Å². The number of rotatable bonds is 6. The van der Waals surface area contributed by atoms with Crippen molar-refractivity contribution in [3.63, 3.8) is 0 Å². The van der Waals surface area contributed by atoms with Gasteiger partial charge in [0.15, 0.2) is 11.6 Å². The molecule has 0 saturated heterocycles. The zero-order chi connectivity index (χ0) is 14.4. The van der Waals surface area contributed by atoms with Crippen molar-refractivity contribution < 1.29 is 18.7 Å². The molecule has 1 atom stereocenters. The summed E-state index contributed by atoms with van der Waals surface area (Å²) in [5.41, 5.74) is 0.812. The van der Waals surface area contributed by atoms with Crippen molar-refractivity contribution in [3.8, 4) is 5.75 Å². The minimum atomic E-state index is -0.398. The molecule has 0 fully saturated rings. The molecule has 0 N–H and O–H groups in total. The molecule has 106 valence electrons. The number of carbonyl (C=O) groups excluding carboxylic acids is 1. The maximum absolute atomic E-state index is 13.7. The molecule has 0 aliphatic carbocycles. The topological polar surface area (TPSA) is 38.8 Å². The van der Waals surface area contributed by atoms with E-state index in [4.69, 9.17) is 4.74 Å². The monoisotopic (exact) mass is 269 g/mol. The van der Waals surface area contributed by atoms with Crippen LogP contribution in [0.5, 0.6) is 5.75 Å². The normalized spacial score (nSPS) is 12.3. The van der Waals surface area contributed by atoms with Crippen LogP contribution >= 0.6 is 0 Å². The van der Waals surface area contributed by atoms with E-state index in [2.05, 4.69) is 4.74 Å². The third kappa shape index (κ3) is 4.21. The smallest absolute Gasteiger partial charge is 0.305 e. The third-order valence-electron chi connectivity index (χ3n) is 3.03. The van der Waals surface area contributed by atoms with Crippen LogP contribution in [0.4, 0.5) is 4.39 Å². The van der Waals surface area contributed by atoms with Crippen molar-refractivity contribution in [2.75, 3.05) is 28.3 Å². The van der Waals surface area contributed by atoms with Gasteiger partial charge in [-0.05, 0) is 38.2 Å². The van der Waals surface area contributed by atoms with Gasteiger partial charge in [-0.2, -0.15) is 0 Å². The van der Waals surface area contributed by atoms with Crippen LogP contribution in [0.15, 0.2) is 18.2 Å². The lowest BCUT2D eigenvalue weighted by atomic mass is 10.0. The summed E-state index contributed by atoms with van der Waals surface area (Å²) < 4.78 is 23.2. The van der Waals surface area contributed by atoms with E-state index in [1.54, 1.807) is 6.07 Å². The summed E-state index contributed by atoms with van der Waals surface area (Å²) in [6.45, 7) is 0. The summed E-state index contributed by atoms with van der Waals surface area (Å²) in [5, 5.41) is 0. The van der Waals surface area contributed by atoms with Crippen LogP contribution < -0.4 is 4.74 Å². The van der Waals surface area contributed by atoms with Crippen LogP contribution in [0.1, 0.15) is 24.4 Å². The second kappa shape index (κ2) is 7.09. The Morgan fingerprint density at radius 1 is 1.37 bits per heavy atom. The first-order valence-corrected chi connectivity index (χ1v) is 6.06. The second-order valence-corrected chi connectivity index (χ2v) is 4.49. The molecule has 0 heterocycles. The van der Waals surface area contributed by atoms with Gasteiger partial charge >= 0.3 is 5.97 Å². The minimum absolute atomic E-state index is 0.0421. The molecule has 5 heteroatoms. The fourth-order valence-corrected chi connectivity index (χ4v) is 1.97. The fraction of sp³-hybridized carbons (Fsp3) is 0.500. The van der Waals surface area contributed by atoms with Gasteiger partial charge in [0.05, 0.1) is 14.2 Å². The molecule has 0 bridgehead atoms. The molecule has 0 aromatic heterocycles. The highest BCUT2D eigenvalue weighted by Gasteiger charge is 2.17. The largest absolute Gasteiger partial charge is 0.494 e. The number of hydrogen-bond acceptors (Lipinski definition) is 4. The van der Waals surface area contributed by atoms with Gasteiger partial charge in [-0.15, -0.1) is 0 Å². The molecule has 1 aromatic carbocycles. The Balaban J connectivity index is 2.87. The first kappa shape index (κ1) is 15.4. The number of nitrogens with zero attached hydrogens (tertiary/aromatic N) is 1. The van der Waals surface area contributed by atoms with E-state index in [0.717, 1.165) is 5.56 Å². The Kier molecular flexibility index (Phi) is 5.76. The first-order valence-electron chi connectivity index (χ1n) is 6.06. The minimum Gasteiger partial charge on any atom is -0.494 e. The zero-order valence-electron chi connectivity index (χ0n) is 11.8. The molecule has 4 nitrogen and oxygen atoms in total. The molecule has 19 heavy (non-hydrogen) atoms. The van der Waals surface area contributed by atoms with Gasteiger partial charge in [0.2, 0.25) is 0 Å². The van der Waals surface area contributed by atoms with E-state index in [1.807, 2.05) is 25.1 Å². The number of methoxy groups -OCH3 is 2. The van der Waals surface area contributed by atoms with Crippen molar-refractivity contribution in [2.45, 2.75) is 18.9 Å². The summed E-state index contributed by atoms with van der Waals surface area (Å²) in [7, 11) is 6.58. The van der Waals surface area contributed by atoms with Crippen LogP contribution in [0, 0.1) is 5.82 Å². The fourth-order valence-electron chi connectivity index (χ4n) is 1.97. The van der Waals surface area contributed by atoms with Crippen molar-refractivity contribution >= 4 is 5.97 Å². The van der Waals surface area contributed by atoms with E-state index in [0.29, 0.717) is 12.8 Å². The van der Waals surface area contributed by atoms with E-state index in [-0.39, 0.29) is 17.8 Å². The molecule has 0 spiro atoms. The molecule has 0 amide bonds. The number of ether oxygens (including phenoxy) is 2. The molecule has 0 saturated carbocycles. The molecular weight excluding hydrogens is 249 g/mol. The van der Waals surface area contributed by atoms with Crippen LogP contribution in [0.3, 0.4) is 0 Å². The highest BCUT2D eigenvalue weighted by Crippen LogP contribution is 2.27. The highest BCUT2D eigenvalue weighted by atomic mass is 19.1. The highest BCUT2D eigenvalue weighted by molar-refractivity contribution is 5.69. The Morgan fingerprint density at radius 2 is 2.05 bits per heavy atom. The van der Waals surface area contributed by atoms with Crippen LogP contribution in [0.25, 0.3) is 0 Å². The number of carbonyl (C=O) groups is 1. The lowest BCUT2D eigenvalue weighted by Crippen LogP contribution is -2.21. The Morgan fingerprint density at radius 3 is 2.53 bits per heavy atom. The predicted molar refractivity (Wildman–Crippen MR) is 70.6 cm³/mol. The quantitative estimate of drug-likeness (QED) is 0.743. The number of halogens is 1. The van der Waals surface area contributed by atoms with Gasteiger partial charge in [0, 0.05) is 12.5 Å². The number of esters is 1. The summed E-state index contributed by atoms with van der Waals surface area (Å²) in [6, 6.07) is 4.81.